The Morgan fingerprint density at radius 1 is 1.50 bits per heavy atom. The number of rotatable bonds is 2. The number of likely N-dealkylation sites (tertiary alicyclic amines) is 1. The molecule has 0 saturated carbocycles. The van der Waals surface area contributed by atoms with Crippen LogP contribution in [0.4, 0.5) is 0 Å². The van der Waals surface area contributed by atoms with Crippen molar-refractivity contribution in [2.75, 3.05) is 13.1 Å². The predicted molar refractivity (Wildman–Crippen MR) is 54.9 cm³/mol. The van der Waals surface area contributed by atoms with Gasteiger partial charge in [0, 0.05) is 25.7 Å². The van der Waals surface area contributed by atoms with Crippen LogP contribution in [0.2, 0.25) is 5.15 Å². The number of hydrogen-bond acceptors (Lipinski definition) is 4. The summed E-state index contributed by atoms with van der Waals surface area (Å²) >= 11 is 5.64. The average molecular weight is 213 g/mol. The van der Waals surface area contributed by atoms with E-state index in [0.717, 1.165) is 31.7 Å². The molecule has 0 bridgehead atoms. The number of hydrogen-bond donors (Lipinski definition) is 1. The van der Waals surface area contributed by atoms with Crippen LogP contribution in [0, 0.1) is 0 Å². The quantitative estimate of drug-likeness (QED) is 0.783. The average Bonchev–Trinajstić information content (AvgIpc) is 2.56. The van der Waals surface area contributed by atoms with Gasteiger partial charge < -0.3 is 5.73 Å². The Morgan fingerprint density at radius 3 is 2.93 bits per heavy atom. The molecule has 0 aliphatic carbocycles. The summed E-state index contributed by atoms with van der Waals surface area (Å²) in [6.07, 6.45) is 4.36. The van der Waals surface area contributed by atoms with Crippen LogP contribution in [0.25, 0.3) is 0 Å². The van der Waals surface area contributed by atoms with E-state index in [0.29, 0.717) is 11.2 Å². The van der Waals surface area contributed by atoms with Crippen molar-refractivity contribution in [1.29, 1.82) is 0 Å². The van der Waals surface area contributed by atoms with E-state index in [9.17, 15) is 0 Å². The van der Waals surface area contributed by atoms with Gasteiger partial charge in [-0.05, 0) is 6.42 Å². The summed E-state index contributed by atoms with van der Waals surface area (Å²) in [6, 6.07) is 0.315. The molecule has 2 rings (SSSR count). The second-order valence-electron chi connectivity index (χ2n) is 3.61. The normalized spacial score (nSPS) is 22.9. The fraction of sp³-hybridized carbons (Fsp3) is 0.556. The van der Waals surface area contributed by atoms with Crippen molar-refractivity contribution >= 4 is 11.6 Å². The molecule has 1 atom stereocenters. The molecule has 1 aliphatic heterocycles. The number of nitrogens with zero attached hydrogens (tertiary/aromatic N) is 3. The smallest absolute Gasteiger partial charge is 0.147 e. The van der Waals surface area contributed by atoms with Crippen LogP contribution in [0.5, 0.6) is 0 Å². The highest BCUT2D eigenvalue weighted by Crippen LogP contribution is 2.10. The Kier molecular flexibility index (Phi) is 2.96. The number of aromatic nitrogens is 2. The number of nitrogens with two attached hydrogens (primary N) is 1. The monoisotopic (exact) mass is 212 g/mol. The molecule has 0 spiro atoms. The van der Waals surface area contributed by atoms with E-state index in [2.05, 4.69) is 14.9 Å². The van der Waals surface area contributed by atoms with Crippen LogP contribution in [-0.2, 0) is 6.54 Å². The van der Waals surface area contributed by atoms with Crippen molar-refractivity contribution in [1.82, 2.24) is 14.9 Å². The SMILES string of the molecule is NC1CCN(Cc2cnc(Cl)cn2)C1. The van der Waals surface area contributed by atoms with Gasteiger partial charge in [0.05, 0.1) is 18.1 Å². The zero-order chi connectivity index (χ0) is 9.97. The van der Waals surface area contributed by atoms with Gasteiger partial charge in [0.25, 0.3) is 0 Å². The van der Waals surface area contributed by atoms with Gasteiger partial charge in [-0.2, -0.15) is 0 Å². The first-order valence-corrected chi connectivity index (χ1v) is 5.06. The fourth-order valence-electron chi connectivity index (χ4n) is 1.66. The highest BCUT2D eigenvalue weighted by atomic mass is 35.5. The Balaban J connectivity index is 1.94. The molecule has 1 fully saturated rings. The molecule has 5 heteroatoms. The summed E-state index contributed by atoms with van der Waals surface area (Å²) in [7, 11) is 0. The van der Waals surface area contributed by atoms with Gasteiger partial charge in [-0.15, -0.1) is 0 Å². The summed E-state index contributed by atoms with van der Waals surface area (Å²) in [5.74, 6) is 0. The summed E-state index contributed by atoms with van der Waals surface area (Å²) < 4.78 is 0. The van der Waals surface area contributed by atoms with E-state index in [1.165, 1.54) is 0 Å². The lowest BCUT2D eigenvalue weighted by Crippen LogP contribution is -2.26. The van der Waals surface area contributed by atoms with Crippen molar-refractivity contribution in [2.24, 2.45) is 5.73 Å². The van der Waals surface area contributed by atoms with Crippen LogP contribution < -0.4 is 5.73 Å². The van der Waals surface area contributed by atoms with Gasteiger partial charge in [-0.1, -0.05) is 11.6 Å². The van der Waals surface area contributed by atoms with Crippen molar-refractivity contribution in [3.8, 4) is 0 Å². The Labute approximate surface area is 88.1 Å². The van der Waals surface area contributed by atoms with Crippen LogP contribution in [-0.4, -0.2) is 34.0 Å². The standard InChI is InChI=1S/C9H13ClN4/c10-9-4-12-8(3-13-9)6-14-2-1-7(11)5-14/h3-4,7H,1-2,5-6,11H2. The molecule has 1 aromatic rings. The van der Waals surface area contributed by atoms with E-state index < -0.39 is 0 Å². The molecule has 2 heterocycles. The lowest BCUT2D eigenvalue weighted by molar-refractivity contribution is 0.322. The summed E-state index contributed by atoms with van der Waals surface area (Å²) in [4.78, 5) is 10.5. The van der Waals surface area contributed by atoms with E-state index in [1.807, 2.05) is 0 Å². The van der Waals surface area contributed by atoms with Crippen LogP contribution in [0.15, 0.2) is 12.4 Å². The first kappa shape index (κ1) is 9.83. The largest absolute Gasteiger partial charge is 0.326 e. The molecular formula is C9H13ClN4. The maximum absolute atomic E-state index is 5.80. The fourth-order valence-corrected chi connectivity index (χ4v) is 1.75. The highest BCUT2D eigenvalue weighted by Gasteiger charge is 2.19. The second-order valence-corrected chi connectivity index (χ2v) is 4.00. The van der Waals surface area contributed by atoms with Crippen molar-refractivity contribution in [3.63, 3.8) is 0 Å². The Hall–Kier alpha value is -0.710. The van der Waals surface area contributed by atoms with E-state index in [4.69, 9.17) is 17.3 Å². The van der Waals surface area contributed by atoms with Crippen LogP contribution >= 0.6 is 11.6 Å². The van der Waals surface area contributed by atoms with Crippen LogP contribution in [0.3, 0.4) is 0 Å². The molecule has 1 saturated heterocycles. The number of halogens is 1. The van der Waals surface area contributed by atoms with E-state index in [-0.39, 0.29) is 0 Å². The van der Waals surface area contributed by atoms with Crippen molar-refractivity contribution < 1.29 is 0 Å². The van der Waals surface area contributed by atoms with Gasteiger partial charge in [-0.25, -0.2) is 4.98 Å². The van der Waals surface area contributed by atoms with Gasteiger partial charge >= 0.3 is 0 Å². The maximum Gasteiger partial charge on any atom is 0.147 e. The minimum Gasteiger partial charge on any atom is -0.326 e. The highest BCUT2D eigenvalue weighted by molar-refractivity contribution is 6.29. The third-order valence-corrected chi connectivity index (χ3v) is 2.56. The summed E-state index contributed by atoms with van der Waals surface area (Å²) in [6.45, 7) is 2.81. The van der Waals surface area contributed by atoms with Gasteiger partial charge in [0.2, 0.25) is 0 Å². The Bertz CT molecular complexity index is 300. The topological polar surface area (TPSA) is 55.0 Å². The van der Waals surface area contributed by atoms with E-state index >= 15 is 0 Å². The molecule has 4 nitrogen and oxygen atoms in total. The molecule has 2 N–H and O–H groups in total. The van der Waals surface area contributed by atoms with Gasteiger partial charge in [0.1, 0.15) is 5.15 Å². The van der Waals surface area contributed by atoms with Crippen molar-refractivity contribution in [3.05, 3.63) is 23.2 Å². The molecule has 1 unspecified atom stereocenters. The third kappa shape index (κ3) is 2.41. The van der Waals surface area contributed by atoms with E-state index in [1.54, 1.807) is 12.4 Å². The minimum absolute atomic E-state index is 0.315. The zero-order valence-electron chi connectivity index (χ0n) is 7.86. The zero-order valence-corrected chi connectivity index (χ0v) is 8.61. The second kappa shape index (κ2) is 4.21. The predicted octanol–water partition coefficient (Wildman–Crippen LogP) is 0.663. The van der Waals surface area contributed by atoms with Crippen LogP contribution in [0.1, 0.15) is 12.1 Å². The molecule has 1 aliphatic rings. The summed E-state index contributed by atoms with van der Waals surface area (Å²) in [5, 5.41) is 0.437. The molecule has 0 aromatic carbocycles. The molecule has 0 radical (unpaired) electrons. The first-order valence-electron chi connectivity index (χ1n) is 4.68. The third-order valence-electron chi connectivity index (χ3n) is 2.37. The van der Waals surface area contributed by atoms with Crippen molar-refractivity contribution in [2.45, 2.75) is 19.0 Å². The Morgan fingerprint density at radius 2 is 2.36 bits per heavy atom. The first-order chi connectivity index (χ1) is 6.74. The lowest BCUT2D eigenvalue weighted by atomic mass is 10.3. The van der Waals surface area contributed by atoms with Gasteiger partial charge in [-0.3, -0.25) is 9.88 Å². The minimum atomic E-state index is 0.315. The molecular weight excluding hydrogens is 200 g/mol. The van der Waals surface area contributed by atoms with Gasteiger partial charge in [0.15, 0.2) is 0 Å². The molecule has 14 heavy (non-hydrogen) atoms. The maximum atomic E-state index is 5.80. The summed E-state index contributed by atoms with van der Waals surface area (Å²) in [5.41, 5.74) is 6.75. The molecule has 0 amide bonds. The molecule has 76 valence electrons. The molecule has 1 aromatic heterocycles. The lowest BCUT2D eigenvalue weighted by Gasteiger charge is -2.13.